The summed E-state index contributed by atoms with van der Waals surface area (Å²) in [5, 5.41) is 0. The zero-order chi connectivity index (χ0) is 12.2. The molecular weight excluding hydrogens is 218 g/mol. The third kappa shape index (κ3) is 3.65. The van der Waals surface area contributed by atoms with Gasteiger partial charge in [0.15, 0.2) is 5.78 Å². The van der Waals surface area contributed by atoms with Crippen molar-refractivity contribution in [2.24, 2.45) is 11.1 Å². The van der Waals surface area contributed by atoms with Gasteiger partial charge in [-0.2, -0.15) is 0 Å². The zero-order valence-electron chi connectivity index (χ0n) is 10.1. The van der Waals surface area contributed by atoms with E-state index in [1.54, 1.807) is 11.8 Å². The lowest BCUT2D eigenvalue weighted by atomic mass is 9.86. The minimum absolute atomic E-state index is 0.116. The molecule has 2 N–H and O–H groups in total. The molecule has 0 heterocycles. The largest absolute Gasteiger partial charge is 0.330 e. The molecule has 0 unspecified atom stereocenters. The smallest absolute Gasteiger partial charge is 0.163 e. The summed E-state index contributed by atoms with van der Waals surface area (Å²) in [5.74, 6) is 0.170. The van der Waals surface area contributed by atoms with Gasteiger partial charge in [-0.15, -0.1) is 11.8 Å². The molecule has 0 bridgehead atoms. The number of Topliss-reactive ketones (excluding diaryl/α,β-unsaturated/α-hetero) is 1. The second-order valence-electron chi connectivity index (χ2n) is 4.70. The summed E-state index contributed by atoms with van der Waals surface area (Å²) in [6, 6.07) is 7.74. The van der Waals surface area contributed by atoms with Gasteiger partial charge in [-0.05, 0) is 30.3 Å². The van der Waals surface area contributed by atoms with Crippen LogP contribution in [0.25, 0.3) is 0 Å². The van der Waals surface area contributed by atoms with E-state index >= 15 is 0 Å². The molecule has 0 atom stereocenters. The van der Waals surface area contributed by atoms with Crippen LogP contribution in [0.2, 0.25) is 0 Å². The lowest BCUT2D eigenvalue weighted by Crippen LogP contribution is -2.26. The first-order valence-corrected chi connectivity index (χ1v) is 6.58. The minimum atomic E-state index is -0.116. The topological polar surface area (TPSA) is 43.1 Å². The van der Waals surface area contributed by atoms with E-state index in [1.165, 1.54) is 4.90 Å². The van der Waals surface area contributed by atoms with Crippen LogP contribution in [-0.4, -0.2) is 18.6 Å². The van der Waals surface area contributed by atoms with Gasteiger partial charge in [0.2, 0.25) is 0 Å². The number of nitrogens with two attached hydrogens (primary N) is 1. The van der Waals surface area contributed by atoms with E-state index in [0.29, 0.717) is 13.0 Å². The van der Waals surface area contributed by atoms with Crippen molar-refractivity contribution >= 4 is 17.5 Å². The molecule has 0 aromatic heterocycles. The quantitative estimate of drug-likeness (QED) is 0.632. The summed E-state index contributed by atoms with van der Waals surface area (Å²) in [4.78, 5) is 13.1. The summed E-state index contributed by atoms with van der Waals surface area (Å²) in [7, 11) is 0. The lowest BCUT2D eigenvalue weighted by Gasteiger charge is -2.21. The van der Waals surface area contributed by atoms with Crippen LogP contribution in [0.4, 0.5) is 0 Å². The minimum Gasteiger partial charge on any atom is -0.330 e. The molecule has 0 spiro atoms. The van der Waals surface area contributed by atoms with Crippen LogP contribution in [-0.2, 0) is 0 Å². The van der Waals surface area contributed by atoms with Crippen molar-refractivity contribution in [2.75, 3.05) is 12.8 Å². The van der Waals surface area contributed by atoms with Crippen LogP contribution in [0.15, 0.2) is 29.2 Å². The Kier molecular flexibility index (Phi) is 4.56. The zero-order valence-corrected chi connectivity index (χ0v) is 10.9. The van der Waals surface area contributed by atoms with Gasteiger partial charge < -0.3 is 5.73 Å². The van der Waals surface area contributed by atoms with E-state index in [0.717, 1.165) is 5.56 Å². The van der Waals surface area contributed by atoms with Gasteiger partial charge in [-0.25, -0.2) is 0 Å². The molecule has 0 aliphatic rings. The van der Waals surface area contributed by atoms with Crippen LogP contribution < -0.4 is 5.73 Å². The molecule has 0 saturated heterocycles. The second kappa shape index (κ2) is 5.51. The van der Waals surface area contributed by atoms with Crippen molar-refractivity contribution in [2.45, 2.75) is 25.2 Å². The summed E-state index contributed by atoms with van der Waals surface area (Å²) < 4.78 is 0. The van der Waals surface area contributed by atoms with Gasteiger partial charge >= 0.3 is 0 Å². The number of hydrogen-bond donors (Lipinski definition) is 1. The van der Waals surface area contributed by atoms with Gasteiger partial charge in [0.05, 0.1) is 0 Å². The SMILES string of the molecule is CSc1ccc(C(=O)CC(C)(C)CN)cc1. The number of hydrogen-bond acceptors (Lipinski definition) is 3. The van der Waals surface area contributed by atoms with Crippen LogP contribution in [0.3, 0.4) is 0 Å². The van der Waals surface area contributed by atoms with Crippen molar-refractivity contribution in [3.05, 3.63) is 29.8 Å². The second-order valence-corrected chi connectivity index (χ2v) is 5.58. The van der Waals surface area contributed by atoms with Gasteiger partial charge in [-0.3, -0.25) is 4.79 Å². The number of rotatable bonds is 5. The first-order chi connectivity index (χ1) is 7.48. The first-order valence-electron chi connectivity index (χ1n) is 5.36. The molecule has 2 nitrogen and oxygen atoms in total. The molecule has 1 aromatic carbocycles. The standard InChI is InChI=1S/C13H19NOS/c1-13(2,9-14)8-12(15)10-4-6-11(16-3)7-5-10/h4-7H,8-9,14H2,1-3H3. The maximum absolute atomic E-state index is 12.0. The number of thioether (sulfide) groups is 1. The Morgan fingerprint density at radius 2 is 1.88 bits per heavy atom. The normalized spacial score (nSPS) is 11.5. The average molecular weight is 237 g/mol. The Hall–Kier alpha value is -0.800. The van der Waals surface area contributed by atoms with Crippen molar-refractivity contribution in [1.82, 2.24) is 0 Å². The summed E-state index contributed by atoms with van der Waals surface area (Å²) >= 11 is 1.68. The molecule has 0 radical (unpaired) electrons. The van der Waals surface area contributed by atoms with Crippen molar-refractivity contribution < 1.29 is 4.79 Å². The number of carbonyl (C=O) groups excluding carboxylic acids is 1. The molecule has 3 heteroatoms. The summed E-state index contributed by atoms with van der Waals surface area (Å²) in [6.07, 6.45) is 2.52. The van der Waals surface area contributed by atoms with E-state index in [1.807, 2.05) is 44.4 Å². The van der Waals surface area contributed by atoms with E-state index in [9.17, 15) is 4.79 Å². The number of ketones is 1. The molecule has 0 fully saturated rings. The third-order valence-corrected chi connectivity index (χ3v) is 3.35. The molecule has 1 aromatic rings. The Morgan fingerprint density at radius 1 is 1.31 bits per heavy atom. The van der Waals surface area contributed by atoms with E-state index in [2.05, 4.69) is 0 Å². The molecule has 16 heavy (non-hydrogen) atoms. The van der Waals surface area contributed by atoms with E-state index < -0.39 is 0 Å². The van der Waals surface area contributed by atoms with Crippen LogP contribution >= 0.6 is 11.8 Å². The number of carbonyl (C=O) groups is 1. The summed E-state index contributed by atoms with van der Waals surface area (Å²) in [5.41, 5.74) is 6.28. The molecule has 1 rings (SSSR count). The van der Waals surface area contributed by atoms with Crippen LogP contribution in [0, 0.1) is 5.41 Å². The molecule has 88 valence electrons. The van der Waals surface area contributed by atoms with Crippen molar-refractivity contribution in [3.8, 4) is 0 Å². The van der Waals surface area contributed by atoms with Gasteiger partial charge in [-0.1, -0.05) is 26.0 Å². The first kappa shape index (κ1) is 13.3. The maximum Gasteiger partial charge on any atom is 0.163 e. The maximum atomic E-state index is 12.0. The highest BCUT2D eigenvalue weighted by atomic mass is 32.2. The van der Waals surface area contributed by atoms with Gasteiger partial charge in [0, 0.05) is 16.9 Å². The Balaban J connectivity index is 2.73. The van der Waals surface area contributed by atoms with Crippen LogP contribution in [0.1, 0.15) is 30.6 Å². The van der Waals surface area contributed by atoms with Crippen molar-refractivity contribution in [3.63, 3.8) is 0 Å². The van der Waals surface area contributed by atoms with Crippen LogP contribution in [0.5, 0.6) is 0 Å². The van der Waals surface area contributed by atoms with E-state index in [4.69, 9.17) is 5.73 Å². The Labute approximate surface area is 102 Å². The monoisotopic (exact) mass is 237 g/mol. The van der Waals surface area contributed by atoms with E-state index in [-0.39, 0.29) is 11.2 Å². The molecule has 0 aliphatic heterocycles. The molecule has 0 saturated carbocycles. The fraction of sp³-hybridized carbons (Fsp3) is 0.462. The molecule has 0 aliphatic carbocycles. The highest BCUT2D eigenvalue weighted by molar-refractivity contribution is 7.98. The number of benzene rings is 1. The third-order valence-electron chi connectivity index (χ3n) is 2.60. The lowest BCUT2D eigenvalue weighted by molar-refractivity contribution is 0.0935. The Bertz CT molecular complexity index is 357. The van der Waals surface area contributed by atoms with Gasteiger partial charge in [0.25, 0.3) is 0 Å². The Morgan fingerprint density at radius 3 is 2.31 bits per heavy atom. The predicted octanol–water partition coefficient (Wildman–Crippen LogP) is 2.97. The summed E-state index contributed by atoms with van der Waals surface area (Å²) in [6.45, 7) is 4.56. The van der Waals surface area contributed by atoms with Crippen molar-refractivity contribution in [1.29, 1.82) is 0 Å². The molecule has 0 amide bonds. The fourth-order valence-electron chi connectivity index (χ4n) is 1.39. The average Bonchev–Trinajstić information content (AvgIpc) is 2.28. The predicted molar refractivity (Wildman–Crippen MR) is 70.0 cm³/mol. The van der Waals surface area contributed by atoms with Gasteiger partial charge in [0.1, 0.15) is 0 Å². The molecular formula is C13H19NOS. The fourth-order valence-corrected chi connectivity index (χ4v) is 1.79. The highest BCUT2D eigenvalue weighted by Gasteiger charge is 2.20. The highest BCUT2D eigenvalue weighted by Crippen LogP contribution is 2.22.